The Morgan fingerprint density at radius 1 is 1.26 bits per heavy atom. The second kappa shape index (κ2) is 6.64. The molecule has 128 valence electrons. The number of nitrogens with zero attached hydrogens (tertiary/aromatic N) is 3. The first kappa shape index (κ1) is 15.8. The highest BCUT2D eigenvalue weighted by Crippen LogP contribution is 2.36. The standard InChI is InChI=1S/C16H25N3O3S/c20-13-9-16(22-12-13)1-3-18(4-2-16)11-14-10-17-15(23-14)19-5-7-21-8-6-19/h10,13,20H,1-9,11-12H2. The molecule has 3 aliphatic heterocycles. The molecule has 0 aromatic carbocycles. The smallest absolute Gasteiger partial charge is 0.185 e. The topological polar surface area (TPSA) is 58.1 Å². The molecule has 0 radical (unpaired) electrons. The molecule has 3 aliphatic rings. The van der Waals surface area contributed by atoms with Gasteiger partial charge in [-0.1, -0.05) is 0 Å². The predicted octanol–water partition coefficient (Wildman–Crippen LogP) is 1.10. The summed E-state index contributed by atoms with van der Waals surface area (Å²) >= 11 is 1.80. The predicted molar refractivity (Wildman–Crippen MR) is 89.0 cm³/mol. The van der Waals surface area contributed by atoms with Crippen molar-refractivity contribution in [3.8, 4) is 0 Å². The van der Waals surface area contributed by atoms with Crippen molar-refractivity contribution in [1.29, 1.82) is 0 Å². The van der Waals surface area contributed by atoms with Gasteiger partial charge in [0, 0.05) is 50.2 Å². The fourth-order valence-electron chi connectivity index (χ4n) is 3.78. The summed E-state index contributed by atoms with van der Waals surface area (Å²) in [4.78, 5) is 10.7. The highest BCUT2D eigenvalue weighted by atomic mass is 32.1. The number of ether oxygens (including phenoxy) is 2. The number of thiazole rings is 1. The van der Waals surface area contributed by atoms with Gasteiger partial charge >= 0.3 is 0 Å². The van der Waals surface area contributed by atoms with E-state index in [0.717, 1.165) is 70.3 Å². The molecule has 6 nitrogen and oxygen atoms in total. The van der Waals surface area contributed by atoms with Gasteiger partial charge in [-0.2, -0.15) is 0 Å². The molecule has 0 amide bonds. The van der Waals surface area contributed by atoms with Gasteiger partial charge in [0.1, 0.15) is 0 Å². The third kappa shape index (κ3) is 3.53. The van der Waals surface area contributed by atoms with Crippen LogP contribution < -0.4 is 4.90 Å². The molecular weight excluding hydrogens is 314 g/mol. The monoisotopic (exact) mass is 339 g/mol. The molecule has 1 spiro atoms. The van der Waals surface area contributed by atoms with Gasteiger partial charge in [0.05, 0.1) is 31.5 Å². The lowest BCUT2D eigenvalue weighted by Crippen LogP contribution is -2.43. The van der Waals surface area contributed by atoms with Gasteiger partial charge in [0.2, 0.25) is 0 Å². The molecule has 1 unspecified atom stereocenters. The van der Waals surface area contributed by atoms with Crippen LogP contribution in [0.25, 0.3) is 0 Å². The third-order valence-electron chi connectivity index (χ3n) is 5.16. The molecule has 3 saturated heterocycles. The largest absolute Gasteiger partial charge is 0.391 e. The van der Waals surface area contributed by atoms with Gasteiger partial charge in [-0.05, 0) is 12.8 Å². The van der Waals surface area contributed by atoms with E-state index in [0.29, 0.717) is 6.61 Å². The molecule has 0 saturated carbocycles. The maximum Gasteiger partial charge on any atom is 0.185 e. The Kier molecular flexibility index (Phi) is 4.56. The van der Waals surface area contributed by atoms with E-state index in [9.17, 15) is 5.11 Å². The second-order valence-corrected chi connectivity index (χ2v) is 7.93. The van der Waals surface area contributed by atoms with Crippen molar-refractivity contribution in [3.63, 3.8) is 0 Å². The Labute approximate surface area is 141 Å². The van der Waals surface area contributed by atoms with Crippen LogP contribution in [0.5, 0.6) is 0 Å². The Hall–Kier alpha value is -0.730. The van der Waals surface area contributed by atoms with Crippen molar-refractivity contribution in [2.24, 2.45) is 0 Å². The van der Waals surface area contributed by atoms with Gasteiger partial charge in [-0.15, -0.1) is 11.3 Å². The van der Waals surface area contributed by atoms with Crippen LogP contribution in [0.15, 0.2) is 6.20 Å². The summed E-state index contributed by atoms with van der Waals surface area (Å²) in [5, 5.41) is 10.8. The molecule has 1 atom stereocenters. The third-order valence-corrected chi connectivity index (χ3v) is 6.20. The first-order chi connectivity index (χ1) is 11.2. The maximum atomic E-state index is 9.72. The summed E-state index contributed by atoms with van der Waals surface area (Å²) in [7, 11) is 0. The Balaban J connectivity index is 1.30. The van der Waals surface area contributed by atoms with Gasteiger partial charge in [-0.25, -0.2) is 4.98 Å². The highest BCUT2D eigenvalue weighted by Gasteiger charge is 2.42. The normalized spacial score (nSPS) is 28.6. The summed E-state index contributed by atoms with van der Waals surface area (Å²) < 4.78 is 11.3. The Bertz CT molecular complexity index is 524. The zero-order valence-electron chi connectivity index (χ0n) is 13.4. The van der Waals surface area contributed by atoms with Crippen molar-refractivity contribution in [2.45, 2.75) is 37.5 Å². The number of aliphatic hydroxyl groups is 1. The molecular formula is C16H25N3O3S. The van der Waals surface area contributed by atoms with E-state index in [2.05, 4.69) is 14.8 Å². The average molecular weight is 339 g/mol. The van der Waals surface area contributed by atoms with E-state index in [-0.39, 0.29) is 11.7 Å². The minimum Gasteiger partial charge on any atom is -0.391 e. The van der Waals surface area contributed by atoms with E-state index < -0.39 is 0 Å². The van der Waals surface area contributed by atoms with Crippen LogP contribution in [-0.4, -0.2) is 72.7 Å². The van der Waals surface area contributed by atoms with Crippen LogP contribution >= 0.6 is 11.3 Å². The van der Waals surface area contributed by atoms with Crippen molar-refractivity contribution in [3.05, 3.63) is 11.1 Å². The molecule has 4 heterocycles. The number of piperidine rings is 1. The molecule has 1 aromatic rings. The Morgan fingerprint density at radius 2 is 2.04 bits per heavy atom. The number of morpholine rings is 1. The van der Waals surface area contributed by atoms with Crippen LogP contribution in [0.3, 0.4) is 0 Å². The van der Waals surface area contributed by atoms with E-state index in [1.54, 1.807) is 11.3 Å². The maximum absolute atomic E-state index is 9.72. The number of likely N-dealkylation sites (tertiary alicyclic amines) is 1. The van der Waals surface area contributed by atoms with E-state index >= 15 is 0 Å². The molecule has 3 fully saturated rings. The molecule has 0 aliphatic carbocycles. The molecule has 4 rings (SSSR count). The zero-order valence-corrected chi connectivity index (χ0v) is 14.3. The lowest BCUT2D eigenvalue weighted by atomic mass is 9.88. The summed E-state index contributed by atoms with van der Waals surface area (Å²) in [5.41, 5.74) is -0.0530. The van der Waals surface area contributed by atoms with Crippen LogP contribution in [0.4, 0.5) is 5.13 Å². The summed E-state index contributed by atoms with van der Waals surface area (Å²) in [6.45, 7) is 7.05. The Morgan fingerprint density at radius 3 is 2.74 bits per heavy atom. The number of anilines is 1. The van der Waals surface area contributed by atoms with Crippen molar-refractivity contribution < 1.29 is 14.6 Å². The van der Waals surface area contributed by atoms with Crippen LogP contribution in [0.1, 0.15) is 24.1 Å². The average Bonchev–Trinajstić information content (AvgIpc) is 3.18. The lowest BCUT2D eigenvalue weighted by molar-refractivity contribution is -0.0455. The number of aliphatic hydroxyl groups excluding tert-OH is 1. The van der Waals surface area contributed by atoms with Crippen molar-refractivity contribution >= 4 is 16.5 Å². The highest BCUT2D eigenvalue weighted by molar-refractivity contribution is 7.15. The molecule has 1 aromatic heterocycles. The van der Waals surface area contributed by atoms with E-state index in [1.165, 1.54) is 4.88 Å². The summed E-state index contributed by atoms with van der Waals surface area (Å²) in [6, 6.07) is 0. The minimum absolute atomic E-state index is 0.0530. The lowest BCUT2D eigenvalue weighted by Gasteiger charge is -2.38. The van der Waals surface area contributed by atoms with E-state index in [4.69, 9.17) is 9.47 Å². The van der Waals surface area contributed by atoms with Crippen LogP contribution in [0, 0.1) is 0 Å². The van der Waals surface area contributed by atoms with E-state index in [1.807, 2.05) is 6.20 Å². The quantitative estimate of drug-likeness (QED) is 0.890. The fraction of sp³-hybridized carbons (Fsp3) is 0.812. The van der Waals surface area contributed by atoms with Crippen LogP contribution in [-0.2, 0) is 16.0 Å². The van der Waals surface area contributed by atoms with Gasteiger partial charge < -0.3 is 19.5 Å². The van der Waals surface area contributed by atoms with Crippen molar-refractivity contribution in [2.75, 3.05) is 50.9 Å². The van der Waals surface area contributed by atoms with Gasteiger partial charge in [0.15, 0.2) is 5.13 Å². The zero-order chi connectivity index (χ0) is 15.7. The van der Waals surface area contributed by atoms with Crippen LogP contribution in [0.2, 0.25) is 0 Å². The summed E-state index contributed by atoms with van der Waals surface area (Å²) in [6.07, 6.45) is 4.62. The minimum atomic E-state index is -0.265. The first-order valence-corrected chi connectivity index (χ1v) is 9.36. The molecule has 7 heteroatoms. The van der Waals surface area contributed by atoms with Gasteiger partial charge in [-0.3, -0.25) is 4.90 Å². The number of hydrogen-bond donors (Lipinski definition) is 1. The number of hydrogen-bond acceptors (Lipinski definition) is 7. The first-order valence-electron chi connectivity index (χ1n) is 8.54. The second-order valence-electron chi connectivity index (χ2n) is 6.84. The van der Waals surface area contributed by atoms with Gasteiger partial charge in [0.25, 0.3) is 0 Å². The van der Waals surface area contributed by atoms with Crippen molar-refractivity contribution in [1.82, 2.24) is 9.88 Å². The molecule has 0 bridgehead atoms. The SMILES string of the molecule is OC1COC2(CCN(Cc3cnc(N4CCOCC4)s3)CC2)C1. The molecule has 1 N–H and O–H groups in total. The molecule has 23 heavy (non-hydrogen) atoms. The summed E-state index contributed by atoms with van der Waals surface area (Å²) in [5.74, 6) is 0. The fourth-order valence-corrected chi connectivity index (χ4v) is 4.78. The number of rotatable bonds is 3. The number of aromatic nitrogens is 1.